The number of rotatable bonds is 8. The van der Waals surface area contributed by atoms with Crippen LogP contribution in [0.1, 0.15) is 38.3 Å². The van der Waals surface area contributed by atoms with Gasteiger partial charge in [-0.05, 0) is 12.8 Å². The van der Waals surface area contributed by atoms with Crippen molar-refractivity contribution in [3.05, 3.63) is 16.7 Å². The van der Waals surface area contributed by atoms with Gasteiger partial charge < -0.3 is 39.5 Å². The fraction of sp³-hybridized carbons (Fsp3) is 0.688. The number of fused-ring (bicyclic) bond motifs is 2. The molecule has 19 nitrogen and oxygen atoms in total. The van der Waals surface area contributed by atoms with Crippen LogP contribution in [0.5, 0.6) is 0 Å². The summed E-state index contributed by atoms with van der Waals surface area (Å²) in [5, 5.41) is 0. The first-order valence-corrected chi connectivity index (χ1v) is 15.7. The van der Waals surface area contributed by atoms with Crippen molar-refractivity contribution in [3.63, 3.8) is 0 Å². The highest BCUT2D eigenvalue weighted by Gasteiger charge is 2.59. The predicted molar refractivity (Wildman–Crippen MR) is 122 cm³/mol. The predicted octanol–water partition coefficient (Wildman–Crippen LogP) is 0.387. The molecule has 1 spiro atoms. The Labute approximate surface area is 212 Å². The minimum Gasteiger partial charge on any atom is -0.369 e. The third-order valence-corrected chi connectivity index (χ3v) is 9.95. The van der Waals surface area contributed by atoms with Crippen molar-refractivity contribution in [1.29, 1.82) is 0 Å². The zero-order chi connectivity index (χ0) is 27.5. The average molecular weight is 603 g/mol. The second-order valence-corrected chi connectivity index (χ2v) is 13.3. The molecule has 7 N–H and O–H groups in total. The number of nitrogens with two attached hydrogens (primary N) is 1. The number of imidazole rings is 1. The Balaban J connectivity index is 1.39. The summed E-state index contributed by atoms with van der Waals surface area (Å²) in [7, 11) is -16.7. The van der Waals surface area contributed by atoms with Gasteiger partial charge in [0.2, 0.25) is 5.95 Å². The lowest BCUT2D eigenvalue weighted by Gasteiger charge is -2.34. The van der Waals surface area contributed by atoms with Gasteiger partial charge in [0.25, 0.3) is 5.56 Å². The third kappa shape index (κ3) is 5.81. The Morgan fingerprint density at radius 1 is 1.08 bits per heavy atom. The standard InChI is InChI=1S/C16H24N5O14P3/c17-15-19-12-9(13(22)20-15)18-7-21(12)14-11-10(32-16(33-11)4-2-1-3-5-16)8(31-14)6-30-37(26,27)35-38(28,29)34-36(23,24)25/h7-8,10-11,14H,1-6H2,(H,26,27)(H,28,29)(H2,23,24,25)(H3,17,19,20,22)/t8-,10?,11+,14-/m1/s1. The summed E-state index contributed by atoms with van der Waals surface area (Å²) in [6, 6.07) is 0. The molecule has 6 atom stereocenters. The fourth-order valence-electron chi connectivity index (χ4n) is 4.78. The summed E-state index contributed by atoms with van der Waals surface area (Å²) in [5.74, 6) is -1.12. The van der Waals surface area contributed by atoms with Gasteiger partial charge in [-0.3, -0.25) is 18.9 Å². The molecule has 1 saturated carbocycles. The molecule has 5 rings (SSSR count). The van der Waals surface area contributed by atoms with Crippen molar-refractivity contribution < 1.29 is 60.6 Å². The molecule has 3 unspecified atom stereocenters. The first-order valence-electron chi connectivity index (χ1n) is 11.2. The second-order valence-electron chi connectivity index (χ2n) is 8.86. The Morgan fingerprint density at radius 3 is 2.45 bits per heavy atom. The van der Waals surface area contributed by atoms with E-state index in [4.69, 9.17) is 34.3 Å². The maximum Gasteiger partial charge on any atom is 0.490 e. The van der Waals surface area contributed by atoms with Crippen molar-refractivity contribution in [2.75, 3.05) is 12.3 Å². The molecule has 2 saturated heterocycles. The Morgan fingerprint density at radius 2 is 1.76 bits per heavy atom. The van der Waals surface area contributed by atoms with Crippen LogP contribution in [-0.2, 0) is 41.1 Å². The molecule has 0 aromatic carbocycles. The van der Waals surface area contributed by atoms with Gasteiger partial charge >= 0.3 is 23.5 Å². The highest BCUT2D eigenvalue weighted by atomic mass is 31.3. The van der Waals surface area contributed by atoms with Crippen LogP contribution in [0.2, 0.25) is 0 Å². The van der Waals surface area contributed by atoms with Crippen LogP contribution in [0.3, 0.4) is 0 Å². The van der Waals surface area contributed by atoms with E-state index in [1.807, 2.05) is 0 Å². The minimum atomic E-state index is -5.70. The van der Waals surface area contributed by atoms with Crippen molar-refractivity contribution in [2.45, 2.75) is 62.4 Å². The van der Waals surface area contributed by atoms with Gasteiger partial charge in [0.15, 0.2) is 23.2 Å². The van der Waals surface area contributed by atoms with Crippen LogP contribution in [0.4, 0.5) is 5.95 Å². The SMILES string of the molecule is Nc1nc2c(ncn2[C@@H]2O[C@H](COP(=O)(O)OP(=O)(O)OP(=O)(O)O)C3OC4(CCCCC4)O[C@@H]32)c(=O)[nH]1. The molecule has 212 valence electrons. The van der Waals surface area contributed by atoms with Crippen LogP contribution in [0.25, 0.3) is 11.2 Å². The van der Waals surface area contributed by atoms with E-state index >= 15 is 0 Å². The number of H-pyrrole nitrogens is 1. The summed E-state index contributed by atoms with van der Waals surface area (Å²) in [4.78, 5) is 59.4. The van der Waals surface area contributed by atoms with Crippen LogP contribution >= 0.6 is 23.5 Å². The quantitative estimate of drug-likeness (QED) is 0.222. The van der Waals surface area contributed by atoms with Gasteiger partial charge in [-0.15, -0.1) is 0 Å². The molecule has 3 aliphatic rings. The van der Waals surface area contributed by atoms with Gasteiger partial charge in [-0.2, -0.15) is 13.6 Å². The number of aromatic amines is 1. The molecule has 0 radical (unpaired) electrons. The van der Waals surface area contributed by atoms with Gasteiger partial charge in [-0.25, -0.2) is 18.7 Å². The van der Waals surface area contributed by atoms with E-state index < -0.39 is 66.0 Å². The number of nitrogens with zero attached hydrogens (tertiary/aromatic N) is 3. The van der Waals surface area contributed by atoms with E-state index in [1.165, 1.54) is 10.9 Å². The Bertz CT molecular complexity index is 1420. The van der Waals surface area contributed by atoms with Gasteiger partial charge in [0.05, 0.1) is 12.9 Å². The summed E-state index contributed by atoms with van der Waals surface area (Å²) >= 11 is 0. The van der Waals surface area contributed by atoms with Crippen molar-refractivity contribution in [1.82, 2.24) is 19.5 Å². The zero-order valence-electron chi connectivity index (χ0n) is 19.3. The summed E-state index contributed by atoms with van der Waals surface area (Å²) in [6.07, 6.45) is 1.27. The second kappa shape index (κ2) is 9.82. The van der Waals surface area contributed by atoms with E-state index in [9.17, 15) is 28.3 Å². The topological polar surface area (TPSA) is 277 Å². The van der Waals surface area contributed by atoms with Crippen molar-refractivity contribution in [2.24, 2.45) is 0 Å². The number of hydrogen-bond donors (Lipinski definition) is 6. The van der Waals surface area contributed by atoms with E-state index in [1.54, 1.807) is 0 Å². The molecule has 3 fully saturated rings. The smallest absolute Gasteiger partial charge is 0.369 e. The van der Waals surface area contributed by atoms with E-state index in [0.29, 0.717) is 12.8 Å². The normalized spacial score (nSPS) is 30.3. The summed E-state index contributed by atoms with van der Waals surface area (Å²) in [5.41, 5.74) is 5.15. The molecule has 2 aromatic heterocycles. The number of ether oxygens (including phenoxy) is 3. The maximum atomic E-state index is 12.3. The van der Waals surface area contributed by atoms with Crippen LogP contribution in [-0.4, -0.2) is 69.8 Å². The average Bonchev–Trinajstić information content (AvgIpc) is 3.42. The maximum absolute atomic E-state index is 12.3. The molecular weight excluding hydrogens is 579 g/mol. The van der Waals surface area contributed by atoms with Gasteiger partial charge in [0, 0.05) is 12.8 Å². The lowest BCUT2D eigenvalue weighted by Crippen LogP contribution is -2.37. The van der Waals surface area contributed by atoms with Crippen molar-refractivity contribution in [3.8, 4) is 0 Å². The largest absolute Gasteiger partial charge is 0.490 e. The lowest BCUT2D eigenvalue weighted by atomic mass is 9.94. The summed E-state index contributed by atoms with van der Waals surface area (Å²) < 4.78 is 66.9. The van der Waals surface area contributed by atoms with Crippen LogP contribution in [0.15, 0.2) is 11.1 Å². The van der Waals surface area contributed by atoms with Crippen LogP contribution < -0.4 is 11.3 Å². The van der Waals surface area contributed by atoms with Gasteiger partial charge in [0.1, 0.15) is 18.3 Å². The molecule has 1 aliphatic carbocycles. The Kier molecular flexibility index (Phi) is 7.23. The zero-order valence-corrected chi connectivity index (χ0v) is 21.9. The highest BCUT2D eigenvalue weighted by molar-refractivity contribution is 7.66. The summed E-state index contributed by atoms with van der Waals surface area (Å²) in [6.45, 7) is -0.746. The van der Waals surface area contributed by atoms with Crippen LogP contribution in [0, 0.1) is 0 Å². The number of aromatic nitrogens is 4. The van der Waals surface area contributed by atoms with Crippen molar-refractivity contribution >= 4 is 40.6 Å². The molecule has 38 heavy (non-hydrogen) atoms. The molecule has 0 amide bonds. The number of anilines is 1. The first kappa shape index (κ1) is 28.0. The molecule has 22 heteroatoms. The minimum absolute atomic E-state index is 0.0256. The van der Waals surface area contributed by atoms with E-state index in [-0.39, 0.29) is 17.1 Å². The molecular formula is C16H24N5O14P3. The molecule has 4 heterocycles. The molecule has 2 aliphatic heterocycles. The number of hydrogen-bond acceptors (Lipinski definition) is 13. The van der Waals surface area contributed by atoms with E-state index in [2.05, 4.69) is 23.6 Å². The monoisotopic (exact) mass is 603 g/mol. The highest BCUT2D eigenvalue weighted by Crippen LogP contribution is 2.66. The molecule has 0 bridgehead atoms. The lowest BCUT2D eigenvalue weighted by molar-refractivity contribution is -0.232. The van der Waals surface area contributed by atoms with E-state index in [0.717, 1.165) is 19.3 Å². The fourth-order valence-corrected chi connectivity index (χ4v) is 7.81. The number of phosphoric acid groups is 3. The number of nitrogen functional groups attached to an aromatic ring is 1. The van der Waals surface area contributed by atoms with Gasteiger partial charge in [-0.1, -0.05) is 6.42 Å². The number of phosphoric ester groups is 1. The Hall–Kier alpha value is -1.56. The third-order valence-electron chi connectivity index (χ3n) is 6.15. The molecule has 2 aromatic rings. The first-order chi connectivity index (χ1) is 17.7. The number of nitrogens with one attached hydrogen (secondary N) is 1.